The summed E-state index contributed by atoms with van der Waals surface area (Å²) in [5.74, 6) is 0. The van der Waals surface area contributed by atoms with Gasteiger partial charge in [0.05, 0.1) is 22.2 Å². The van der Waals surface area contributed by atoms with Crippen molar-refractivity contribution in [1.29, 1.82) is 0 Å². The molecule has 0 bridgehead atoms. The van der Waals surface area contributed by atoms with Gasteiger partial charge in [-0.1, -0.05) is 176 Å². The quantitative estimate of drug-likeness (QED) is 0.165. The molecule has 0 amide bonds. The third kappa shape index (κ3) is 4.81. The molecule has 2 nitrogen and oxygen atoms in total. The van der Waals surface area contributed by atoms with Crippen molar-refractivity contribution >= 4 is 75.8 Å². The Labute approximate surface area is 329 Å². The molecule has 0 fully saturated rings. The van der Waals surface area contributed by atoms with Crippen LogP contribution in [0.3, 0.4) is 0 Å². The van der Waals surface area contributed by atoms with Gasteiger partial charge in [-0.2, -0.15) is 0 Å². The van der Waals surface area contributed by atoms with E-state index in [-0.39, 0.29) is 0 Å². The molecule has 0 radical (unpaired) electrons. The van der Waals surface area contributed by atoms with Gasteiger partial charge in [-0.25, -0.2) is 4.98 Å². The van der Waals surface area contributed by atoms with E-state index < -0.39 is 0 Å². The van der Waals surface area contributed by atoms with Gasteiger partial charge < -0.3 is 4.57 Å². The van der Waals surface area contributed by atoms with Crippen molar-refractivity contribution in [1.82, 2.24) is 9.55 Å². The van der Waals surface area contributed by atoms with Crippen LogP contribution in [0, 0.1) is 0 Å². The number of nitrogens with zero attached hydrogens (tertiary/aromatic N) is 2. The van der Waals surface area contributed by atoms with Gasteiger partial charge >= 0.3 is 0 Å². The summed E-state index contributed by atoms with van der Waals surface area (Å²) in [6, 6.07) is 74.9. The van der Waals surface area contributed by atoms with Gasteiger partial charge in [-0.05, 0) is 84.7 Å². The van der Waals surface area contributed by atoms with E-state index in [9.17, 15) is 0 Å². The monoisotopic (exact) mass is 722 g/mol. The fourth-order valence-electron chi connectivity index (χ4n) is 9.40. The summed E-state index contributed by atoms with van der Waals surface area (Å²) in [7, 11) is 0. The molecule has 57 heavy (non-hydrogen) atoms. The molecule has 0 aliphatic heterocycles. The molecule has 0 aliphatic carbocycles. The van der Waals surface area contributed by atoms with Crippen LogP contribution in [0.15, 0.2) is 206 Å². The SMILES string of the molecule is c1ccc(-c2nc3c(-c4ccc(-c5ccc6c7ccccc7c7ccccc7c6c5)cc4)cccc3c3ccc4c(c5ccccc5n4-c4ccccc4)c23)cc1. The van der Waals surface area contributed by atoms with E-state index >= 15 is 0 Å². The van der Waals surface area contributed by atoms with Crippen LogP contribution in [0.1, 0.15) is 0 Å². The average molecular weight is 723 g/mol. The van der Waals surface area contributed by atoms with E-state index in [0.29, 0.717) is 0 Å². The maximum atomic E-state index is 5.65. The predicted molar refractivity (Wildman–Crippen MR) is 242 cm³/mol. The zero-order valence-electron chi connectivity index (χ0n) is 31.0. The molecule has 0 N–H and O–H groups in total. The van der Waals surface area contributed by atoms with E-state index in [0.717, 1.165) is 39.0 Å². The van der Waals surface area contributed by atoms with Gasteiger partial charge in [0, 0.05) is 38.4 Å². The molecule has 0 atom stereocenters. The van der Waals surface area contributed by atoms with Crippen LogP contribution in [0.5, 0.6) is 0 Å². The zero-order chi connectivity index (χ0) is 37.5. The summed E-state index contributed by atoms with van der Waals surface area (Å²) in [4.78, 5) is 5.65. The number of hydrogen-bond acceptors (Lipinski definition) is 1. The first kappa shape index (κ1) is 31.8. The van der Waals surface area contributed by atoms with Crippen LogP contribution in [-0.4, -0.2) is 9.55 Å². The van der Waals surface area contributed by atoms with Crippen LogP contribution < -0.4 is 0 Å². The Hall–Kier alpha value is -7.55. The van der Waals surface area contributed by atoms with Crippen molar-refractivity contribution in [3.63, 3.8) is 0 Å². The van der Waals surface area contributed by atoms with Gasteiger partial charge in [0.15, 0.2) is 0 Å². The molecular weight excluding hydrogens is 689 g/mol. The second-order valence-corrected chi connectivity index (χ2v) is 15.0. The maximum Gasteiger partial charge on any atom is 0.0795 e. The molecule has 0 saturated carbocycles. The highest BCUT2D eigenvalue weighted by atomic mass is 15.0. The van der Waals surface area contributed by atoms with Crippen LogP contribution in [0.4, 0.5) is 0 Å². The summed E-state index contributed by atoms with van der Waals surface area (Å²) >= 11 is 0. The standard InChI is InChI=1S/C55H34N2/c1-3-14-37(15-4-1)54-53-46(32-33-51-52(53)48-22-11-12-25-50(48)57(51)39-16-5-2-6-17-39)47-24-13-23-40(55(47)56-54)36-28-26-35(27-29-36)38-30-31-45-43-20-8-7-18-41(43)42-19-9-10-21-44(42)49(45)34-38/h1-34H. The van der Waals surface area contributed by atoms with E-state index in [1.807, 2.05) is 0 Å². The molecule has 0 spiro atoms. The van der Waals surface area contributed by atoms with Crippen molar-refractivity contribution in [2.24, 2.45) is 0 Å². The Morgan fingerprint density at radius 1 is 0.298 bits per heavy atom. The minimum atomic E-state index is 1.000. The Kier molecular flexibility index (Phi) is 6.96. The minimum Gasteiger partial charge on any atom is -0.309 e. The van der Waals surface area contributed by atoms with E-state index in [2.05, 4.69) is 211 Å². The molecule has 2 heteroatoms. The molecule has 12 aromatic rings. The highest BCUT2D eigenvalue weighted by Crippen LogP contribution is 2.44. The third-order valence-electron chi connectivity index (χ3n) is 12.0. The van der Waals surface area contributed by atoms with Gasteiger partial charge in [0.25, 0.3) is 0 Å². The Balaban J connectivity index is 1.06. The van der Waals surface area contributed by atoms with Gasteiger partial charge in [0.1, 0.15) is 0 Å². The largest absolute Gasteiger partial charge is 0.309 e. The van der Waals surface area contributed by atoms with Gasteiger partial charge in [-0.15, -0.1) is 0 Å². The summed E-state index contributed by atoms with van der Waals surface area (Å²) in [6.45, 7) is 0. The van der Waals surface area contributed by atoms with Crippen molar-refractivity contribution in [3.05, 3.63) is 206 Å². The number of benzene rings is 10. The molecule has 12 rings (SSSR count). The first-order valence-electron chi connectivity index (χ1n) is 19.6. The lowest BCUT2D eigenvalue weighted by molar-refractivity contribution is 1.18. The van der Waals surface area contributed by atoms with E-state index in [4.69, 9.17) is 4.98 Å². The number of fused-ring (bicyclic) bond motifs is 13. The fourth-order valence-corrected chi connectivity index (χ4v) is 9.40. The number of hydrogen-bond donors (Lipinski definition) is 0. The molecular formula is C55H34N2. The van der Waals surface area contributed by atoms with Crippen molar-refractivity contribution < 1.29 is 0 Å². The number of rotatable bonds is 4. The molecule has 0 aliphatic rings. The van der Waals surface area contributed by atoms with Crippen molar-refractivity contribution in [2.45, 2.75) is 0 Å². The number of pyridine rings is 1. The predicted octanol–water partition coefficient (Wildman–Crippen LogP) is 14.9. The average Bonchev–Trinajstić information content (AvgIpc) is 3.64. The summed E-state index contributed by atoms with van der Waals surface area (Å²) in [5.41, 5.74) is 11.3. The van der Waals surface area contributed by atoms with Gasteiger partial charge in [0.2, 0.25) is 0 Å². The number of aromatic nitrogens is 2. The van der Waals surface area contributed by atoms with Crippen molar-refractivity contribution in [3.8, 4) is 39.2 Å². The van der Waals surface area contributed by atoms with Crippen LogP contribution in [0.25, 0.3) is 115 Å². The topological polar surface area (TPSA) is 17.8 Å². The number of para-hydroxylation sites is 3. The fraction of sp³-hybridized carbons (Fsp3) is 0. The van der Waals surface area contributed by atoms with Crippen LogP contribution in [-0.2, 0) is 0 Å². The summed E-state index contributed by atoms with van der Waals surface area (Å²) < 4.78 is 2.39. The van der Waals surface area contributed by atoms with E-state index in [1.165, 1.54) is 76.0 Å². The maximum absolute atomic E-state index is 5.65. The molecule has 0 saturated heterocycles. The zero-order valence-corrected chi connectivity index (χ0v) is 31.0. The van der Waals surface area contributed by atoms with E-state index in [1.54, 1.807) is 0 Å². The van der Waals surface area contributed by atoms with Crippen molar-refractivity contribution in [2.75, 3.05) is 0 Å². The first-order valence-corrected chi connectivity index (χ1v) is 19.6. The lowest BCUT2D eigenvalue weighted by Gasteiger charge is -2.15. The molecule has 264 valence electrons. The highest BCUT2D eigenvalue weighted by Gasteiger charge is 2.21. The second-order valence-electron chi connectivity index (χ2n) is 15.0. The third-order valence-corrected chi connectivity index (χ3v) is 12.0. The second kappa shape index (κ2) is 12.5. The normalized spacial score (nSPS) is 11.9. The Bertz CT molecular complexity index is 3510. The molecule has 2 aromatic heterocycles. The van der Waals surface area contributed by atoms with Crippen LogP contribution in [0.2, 0.25) is 0 Å². The summed E-state index contributed by atoms with van der Waals surface area (Å²) in [5, 5.41) is 13.7. The van der Waals surface area contributed by atoms with Gasteiger partial charge in [-0.3, -0.25) is 0 Å². The lowest BCUT2D eigenvalue weighted by atomic mass is 9.91. The first-order chi connectivity index (χ1) is 28.3. The van der Waals surface area contributed by atoms with Crippen LogP contribution >= 0.6 is 0 Å². The highest BCUT2D eigenvalue weighted by molar-refractivity contribution is 6.29. The lowest BCUT2D eigenvalue weighted by Crippen LogP contribution is -1.95. The molecule has 0 unspecified atom stereocenters. The Morgan fingerprint density at radius 2 is 0.842 bits per heavy atom. The summed E-state index contributed by atoms with van der Waals surface area (Å²) in [6.07, 6.45) is 0. The smallest absolute Gasteiger partial charge is 0.0795 e. The minimum absolute atomic E-state index is 1.000. The molecule has 2 heterocycles. The Morgan fingerprint density at radius 3 is 1.56 bits per heavy atom. The molecule has 10 aromatic carbocycles.